The van der Waals surface area contributed by atoms with Crippen LogP contribution in [-0.4, -0.2) is 6.54 Å². The molecule has 1 aromatic rings. The van der Waals surface area contributed by atoms with Crippen LogP contribution in [0.4, 0.5) is 13.2 Å². The van der Waals surface area contributed by atoms with Crippen LogP contribution < -0.4 is 5.32 Å². The number of rotatable bonds is 3. The summed E-state index contributed by atoms with van der Waals surface area (Å²) in [5.41, 5.74) is -0.0517. The second-order valence-electron chi connectivity index (χ2n) is 5.44. The summed E-state index contributed by atoms with van der Waals surface area (Å²) < 4.78 is 38.2. The lowest BCUT2D eigenvalue weighted by atomic mass is 9.75. The lowest BCUT2D eigenvalue weighted by Crippen LogP contribution is -2.54. The molecule has 0 aliphatic carbocycles. The van der Waals surface area contributed by atoms with E-state index in [1.807, 2.05) is 0 Å². The molecule has 1 unspecified atom stereocenters. The van der Waals surface area contributed by atoms with Crippen LogP contribution in [0.3, 0.4) is 0 Å². The normalized spacial score (nSPS) is 24.1. The Balaban J connectivity index is 2.32. The number of halogens is 3. The summed E-state index contributed by atoms with van der Waals surface area (Å²) in [5, 5.41) is 3.32. The molecule has 4 heteroatoms. The number of nitrogens with one attached hydrogen (secondary N) is 1. The Morgan fingerprint density at radius 3 is 2.44 bits per heavy atom. The number of hydrogen-bond acceptors (Lipinski definition) is 1. The quantitative estimate of drug-likeness (QED) is 0.864. The Hall–Kier alpha value is -1.03. The average molecular weight is 257 g/mol. The van der Waals surface area contributed by atoms with Crippen LogP contribution in [0, 0.1) is 5.92 Å². The highest BCUT2D eigenvalue weighted by molar-refractivity contribution is 5.33. The Morgan fingerprint density at radius 1 is 1.33 bits per heavy atom. The summed E-state index contributed by atoms with van der Waals surface area (Å²) in [6, 6.07) is 5.71. The van der Waals surface area contributed by atoms with Gasteiger partial charge >= 0.3 is 6.18 Å². The van der Waals surface area contributed by atoms with Gasteiger partial charge in [-0.05, 0) is 43.0 Å². The third-order valence-corrected chi connectivity index (χ3v) is 3.51. The van der Waals surface area contributed by atoms with E-state index in [2.05, 4.69) is 19.2 Å². The van der Waals surface area contributed by atoms with Crippen molar-refractivity contribution in [1.29, 1.82) is 0 Å². The number of benzene rings is 1. The van der Waals surface area contributed by atoms with Gasteiger partial charge in [0.05, 0.1) is 5.56 Å². The Bertz CT molecular complexity index is 419. The number of hydrogen-bond donors (Lipinski definition) is 1. The molecule has 1 fully saturated rings. The van der Waals surface area contributed by atoms with Gasteiger partial charge in [0, 0.05) is 5.54 Å². The van der Waals surface area contributed by atoms with Crippen molar-refractivity contribution in [3.63, 3.8) is 0 Å². The number of alkyl halides is 3. The fourth-order valence-electron chi connectivity index (χ4n) is 2.66. The monoisotopic (exact) mass is 257 g/mol. The van der Waals surface area contributed by atoms with E-state index in [0.717, 1.165) is 31.0 Å². The molecule has 2 rings (SSSR count). The molecule has 1 N–H and O–H groups in total. The first kappa shape index (κ1) is 13.4. The van der Waals surface area contributed by atoms with Gasteiger partial charge in [-0.3, -0.25) is 0 Å². The van der Waals surface area contributed by atoms with Crippen molar-refractivity contribution >= 4 is 0 Å². The largest absolute Gasteiger partial charge is 0.416 e. The van der Waals surface area contributed by atoms with Crippen LogP contribution in [0.25, 0.3) is 0 Å². The molecule has 0 bridgehead atoms. The van der Waals surface area contributed by atoms with Crippen LogP contribution >= 0.6 is 0 Å². The summed E-state index contributed by atoms with van der Waals surface area (Å²) in [4.78, 5) is 0. The average Bonchev–Trinajstić information content (AvgIpc) is 2.22. The second-order valence-corrected chi connectivity index (χ2v) is 5.44. The summed E-state index contributed by atoms with van der Waals surface area (Å²) in [6.45, 7) is 5.06. The third kappa shape index (κ3) is 2.53. The van der Waals surface area contributed by atoms with Crippen molar-refractivity contribution in [3.8, 4) is 0 Å². The SMILES string of the molecule is CC(C)CC1(c2cccc(C(F)(F)F)c2)CCN1. The first-order valence-electron chi connectivity index (χ1n) is 6.26. The molecule has 1 atom stereocenters. The van der Waals surface area contributed by atoms with E-state index in [-0.39, 0.29) is 5.54 Å². The van der Waals surface area contributed by atoms with Crippen molar-refractivity contribution in [2.24, 2.45) is 5.92 Å². The zero-order valence-electron chi connectivity index (χ0n) is 10.6. The van der Waals surface area contributed by atoms with Gasteiger partial charge in [0.15, 0.2) is 0 Å². The standard InChI is InChI=1S/C14H18F3N/c1-10(2)9-13(6-7-18-13)11-4-3-5-12(8-11)14(15,16)17/h3-5,8,10,18H,6-7,9H2,1-2H3. The summed E-state index contributed by atoms with van der Waals surface area (Å²) >= 11 is 0. The summed E-state index contributed by atoms with van der Waals surface area (Å²) in [5.74, 6) is 0.451. The molecule has 18 heavy (non-hydrogen) atoms. The predicted molar refractivity (Wildman–Crippen MR) is 65.2 cm³/mol. The Kier molecular flexibility index (Phi) is 3.41. The molecule has 1 saturated heterocycles. The molecule has 0 aromatic heterocycles. The molecule has 0 spiro atoms. The maximum Gasteiger partial charge on any atom is 0.416 e. The van der Waals surface area contributed by atoms with Gasteiger partial charge in [-0.2, -0.15) is 13.2 Å². The lowest BCUT2D eigenvalue weighted by Gasteiger charge is -2.45. The van der Waals surface area contributed by atoms with Gasteiger partial charge in [0.25, 0.3) is 0 Å². The molecule has 100 valence electrons. The minimum Gasteiger partial charge on any atom is -0.307 e. The third-order valence-electron chi connectivity index (χ3n) is 3.51. The fraction of sp³-hybridized carbons (Fsp3) is 0.571. The maximum atomic E-state index is 12.7. The highest BCUT2D eigenvalue weighted by Crippen LogP contribution is 2.39. The van der Waals surface area contributed by atoms with Gasteiger partial charge in [0.1, 0.15) is 0 Å². The van der Waals surface area contributed by atoms with Gasteiger partial charge in [0.2, 0.25) is 0 Å². The van der Waals surface area contributed by atoms with Crippen molar-refractivity contribution < 1.29 is 13.2 Å². The van der Waals surface area contributed by atoms with Crippen LogP contribution in [0.2, 0.25) is 0 Å². The zero-order valence-corrected chi connectivity index (χ0v) is 10.6. The van der Waals surface area contributed by atoms with Crippen LogP contribution in [-0.2, 0) is 11.7 Å². The van der Waals surface area contributed by atoms with E-state index in [0.29, 0.717) is 5.92 Å². The van der Waals surface area contributed by atoms with Crippen molar-refractivity contribution in [3.05, 3.63) is 35.4 Å². The van der Waals surface area contributed by atoms with Gasteiger partial charge < -0.3 is 5.32 Å². The van der Waals surface area contributed by atoms with Gasteiger partial charge in [-0.25, -0.2) is 0 Å². The van der Waals surface area contributed by atoms with Gasteiger partial charge in [-0.15, -0.1) is 0 Å². The first-order valence-corrected chi connectivity index (χ1v) is 6.26. The van der Waals surface area contributed by atoms with Crippen molar-refractivity contribution in [2.75, 3.05) is 6.54 Å². The van der Waals surface area contributed by atoms with E-state index in [1.165, 1.54) is 12.1 Å². The molecular formula is C14H18F3N. The smallest absolute Gasteiger partial charge is 0.307 e. The van der Waals surface area contributed by atoms with E-state index < -0.39 is 11.7 Å². The topological polar surface area (TPSA) is 12.0 Å². The second kappa shape index (κ2) is 4.57. The molecule has 1 nitrogen and oxygen atoms in total. The van der Waals surface area contributed by atoms with E-state index >= 15 is 0 Å². The molecule has 0 amide bonds. The minimum absolute atomic E-state index is 0.255. The van der Waals surface area contributed by atoms with Crippen LogP contribution in [0.1, 0.15) is 37.8 Å². The molecule has 1 aromatic carbocycles. The summed E-state index contributed by atoms with van der Waals surface area (Å²) in [7, 11) is 0. The Morgan fingerprint density at radius 2 is 2.00 bits per heavy atom. The predicted octanol–water partition coefficient (Wildman–Crippen LogP) is 3.94. The van der Waals surface area contributed by atoms with E-state index in [4.69, 9.17) is 0 Å². The highest BCUT2D eigenvalue weighted by Gasteiger charge is 2.40. The molecule has 1 heterocycles. The van der Waals surface area contributed by atoms with Crippen molar-refractivity contribution in [1.82, 2.24) is 5.32 Å². The molecular weight excluding hydrogens is 239 g/mol. The molecule has 1 aliphatic rings. The molecule has 0 radical (unpaired) electrons. The van der Waals surface area contributed by atoms with Crippen LogP contribution in [0.15, 0.2) is 24.3 Å². The van der Waals surface area contributed by atoms with Crippen LogP contribution in [0.5, 0.6) is 0 Å². The van der Waals surface area contributed by atoms with Crippen molar-refractivity contribution in [2.45, 2.75) is 38.4 Å². The molecule has 1 aliphatic heterocycles. The Labute approximate surface area is 105 Å². The van der Waals surface area contributed by atoms with E-state index in [9.17, 15) is 13.2 Å². The molecule has 0 saturated carbocycles. The highest BCUT2D eigenvalue weighted by atomic mass is 19.4. The zero-order chi connectivity index (χ0) is 13.4. The maximum absolute atomic E-state index is 12.7. The minimum atomic E-state index is -4.27. The fourth-order valence-corrected chi connectivity index (χ4v) is 2.66. The summed E-state index contributed by atoms with van der Waals surface area (Å²) in [6.07, 6.45) is -2.49. The lowest BCUT2D eigenvalue weighted by molar-refractivity contribution is -0.137. The first-order chi connectivity index (χ1) is 8.33. The van der Waals surface area contributed by atoms with Gasteiger partial charge in [-0.1, -0.05) is 26.0 Å². The van der Waals surface area contributed by atoms with E-state index in [1.54, 1.807) is 6.07 Å².